The maximum atomic E-state index is 12.9. The minimum absolute atomic E-state index is 0.00794. The van der Waals surface area contributed by atoms with Crippen molar-refractivity contribution in [2.24, 2.45) is 0 Å². The summed E-state index contributed by atoms with van der Waals surface area (Å²) in [5, 5.41) is 4.49. The lowest BCUT2D eigenvalue weighted by molar-refractivity contribution is -0.130. The van der Waals surface area contributed by atoms with Crippen LogP contribution in [0.1, 0.15) is 19.2 Å². The van der Waals surface area contributed by atoms with Crippen LogP contribution in [-0.2, 0) is 11.3 Å². The summed E-state index contributed by atoms with van der Waals surface area (Å²) in [5.41, 5.74) is 0.790. The van der Waals surface area contributed by atoms with Crippen LogP contribution in [0.5, 0.6) is 5.75 Å². The highest BCUT2D eigenvalue weighted by molar-refractivity contribution is 8.00. The quantitative estimate of drug-likeness (QED) is 0.471. The number of rotatable bonds is 8. The fourth-order valence-electron chi connectivity index (χ4n) is 2.71. The Hall–Kier alpha value is -2.51. The molecule has 29 heavy (non-hydrogen) atoms. The lowest BCUT2D eigenvalue weighted by Crippen LogP contribution is -2.34. The normalized spacial score (nSPS) is 11.9. The molecular weight excluding hydrogens is 410 g/mol. The van der Waals surface area contributed by atoms with Crippen molar-refractivity contribution in [1.29, 1.82) is 0 Å². The molecule has 3 aromatic rings. The summed E-state index contributed by atoms with van der Waals surface area (Å²) >= 11 is 7.45. The number of aromatic nitrogens is 2. The minimum atomic E-state index is -0.207. The smallest absolute Gasteiger partial charge is 0.246 e. The van der Waals surface area contributed by atoms with Gasteiger partial charge in [-0.25, -0.2) is 0 Å². The highest BCUT2D eigenvalue weighted by Crippen LogP contribution is 2.28. The van der Waals surface area contributed by atoms with Crippen molar-refractivity contribution < 1.29 is 14.1 Å². The summed E-state index contributed by atoms with van der Waals surface area (Å²) < 4.78 is 10.6. The largest absolute Gasteiger partial charge is 0.497 e. The molecule has 0 spiro atoms. The molecular formula is C21H22ClN3O3S. The molecule has 0 radical (unpaired) electrons. The Bertz CT molecular complexity index is 962. The van der Waals surface area contributed by atoms with E-state index in [1.54, 1.807) is 19.1 Å². The van der Waals surface area contributed by atoms with Crippen molar-refractivity contribution in [3.8, 4) is 17.1 Å². The second kappa shape index (κ2) is 9.80. The lowest BCUT2D eigenvalue weighted by atomic mass is 10.2. The van der Waals surface area contributed by atoms with Crippen LogP contribution >= 0.6 is 23.4 Å². The maximum Gasteiger partial charge on any atom is 0.246 e. The molecule has 0 saturated heterocycles. The van der Waals surface area contributed by atoms with Crippen LogP contribution in [0, 0.1) is 0 Å². The fraction of sp³-hybridized carbons (Fsp3) is 0.286. The van der Waals surface area contributed by atoms with Gasteiger partial charge >= 0.3 is 0 Å². The molecule has 1 heterocycles. The van der Waals surface area contributed by atoms with Gasteiger partial charge in [-0.15, -0.1) is 11.8 Å². The predicted molar refractivity (Wildman–Crippen MR) is 114 cm³/mol. The molecule has 152 valence electrons. The SMILES string of the molecule is CCC(Sc1ccc(Cl)cc1)C(=O)N(C)Cc1nc(-c2cccc(OC)c2)no1. The first-order chi connectivity index (χ1) is 14.0. The van der Waals surface area contributed by atoms with Crippen LogP contribution in [-0.4, -0.2) is 40.4 Å². The van der Waals surface area contributed by atoms with Gasteiger partial charge in [-0.1, -0.05) is 35.8 Å². The van der Waals surface area contributed by atoms with E-state index < -0.39 is 0 Å². The molecule has 0 aliphatic heterocycles. The molecule has 1 aromatic heterocycles. The molecule has 8 heteroatoms. The van der Waals surface area contributed by atoms with Gasteiger partial charge in [0.2, 0.25) is 17.6 Å². The number of hydrogen-bond acceptors (Lipinski definition) is 6. The van der Waals surface area contributed by atoms with E-state index in [1.807, 2.05) is 55.5 Å². The Morgan fingerprint density at radius 2 is 2.03 bits per heavy atom. The molecule has 0 bridgehead atoms. The summed E-state index contributed by atoms with van der Waals surface area (Å²) in [4.78, 5) is 19.9. The van der Waals surface area contributed by atoms with Gasteiger partial charge in [-0.3, -0.25) is 4.79 Å². The Morgan fingerprint density at radius 3 is 2.72 bits per heavy atom. The molecule has 0 aliphatic carbocycles. The van der Waals surface area contributed by atoms with Crippen molar-refractivity contribution in [3.05, 3.63) is 59.4 Å². The first-order valence-electron chi connectivity index (χ1n) is 9.14. The van der Waals surface area contributed by atoms with Crippen LogP contribution < -0.4 is 4.74 Å². The molecule has 1 atom stereocenters. The minimum Gasteiger partial charge on any atom is -0.497 e. The zero-order valence-corrected chi connectivity index (χ0v) is 18.0. The highest BCUT2D eigenvalue weighted by Gasteiger charge is 2.23. The van der Waals surface area contributed by atoms with Gasteiger partial charge in [-0.05, 0) is 42.8 Å². The van der Waals surface area contributed by atoms with Gasteiger partial charge < -0.3 is 14.2 Å². The zero-order valence-electron chi connectivity index (χ0n) is 16.5. The Balaban J connectivity index is 1.65. The van der Waals surface area contributed by atoms with Crippen LogP contribution in [0.2, 0.25) is 5.02 Å². The van der Waals surface area contributed by atoms with Gasteiger partial charge in [0.15, 0.2) is 0 Å². The number of amides is 1. The van der Waals surface area contributed by atoms with Gasteiger partial charge in [0, 0.05) is 22.5 Å². The van der Waals surface area contributed by atoms with Crippen molar-refractivity contribution in [2.75, 3.05) is 14.2 Å². The van der Waals surface area contributed by atoms with Gasteiger partial charge in [0.25, 0.3) is 0 Å². The summed E-state index contributed by atoms with van der Waals surface area (Å²) in [6.07, 6.45) is 0.704. The second-order valence-electron chi connectivity index (χ2n) is 6.41. The van der Waals surface area contributed by atoms with Crippen molar-refractivity contribution in [1.82, 2.24) is 15.0 Å². The number of methoxy groups -OCH3 is 1. The van der Waals surface area contributed by atoms with E-state index >= 15 is 0 Å². The topological polar surface area (TPSA) is 68.5 Å². The molecule has 6 nitrogen and oxygen atoms in total. The molecule has 3 rings (SSSR count). The number of nitrogens with zero attached hydrogens (tertiary/aromatic N) is 3. The molecule has 0 saturated carbocycles. The van der Waals surface area contributed by atoms with Gasteiger partial charge in [-0.2, -0.15) is 4.98 Å². The monoisotopic (exact) mass is 431 g/mol. The molecule has 2 aromatic carbocycles. The van der Waals surface area contributed by atoms with Crippen LogP contribution in [0.15, 0.2) is 57.9 Å². The number of hydrogen-bond donors (Lipinski definition) is 0. The number of carbonyl (C=O) groups is 1. The van der Waals surface area contributed by atoms with E-state index in [0.717, 1.165) is 10.5 Å². The average Bonchev–Trinajstić information content (AvgIpc) is 3.21. The zero-order chi connectivity index (χ0) is 20.8. The molecule has 1 unspecified atom stereocenters. The van der Waals surface area contributed by atoms with Crippen LogP contribution in [0.3, 0.4) is 0 Å². The number of halogens is 1. The summed E-state index contributed by atoms with van der Waals surface area (Å²) in [5.74, 6) is 1.56. The Labute approximate surface area is 179 Å². The number of ether oxygens (including phenoxy) is 1. The highest BCUT2D eigenvalue weighted by atomic mass is 35.5. The Kier molecular flexibility index (Phi) is 7.17. The second-order valence-corrected chi connectivity index (χ2v) is 8.12. The maximum absolute atomic E-state index is 12.9. The standard InChI is InChI=1S/C21H22ClN3O3S/c1-4-18(29-17-10-8-15(22)9-11-17)21(26)25(2)13-19-23-20(24-28-19)14-6-5-7-16(12-14)27-3/h5-12,18H,4,13H2,1-3H3. The van der Waals surface area contributed by atoms with Crippen LogP contribution in [0.4, 0.5) is 0 Å². The average molecular weight is 432 g/mol. The third kappa shape index (κ3) is 5.52. The third-order valence-electron chi connectivity index (χ3n) is 4.28. The number of thioether (sulfide) groups is 1. The fourth-order valence-corrected chi connectivity index (χ4v) is 3.91. The van der Waals surface area contributed by atoms with Crippen molar-refractivity contribution >= 4 is 29.3 Å². The van der Waals surface area contributed by atoms with Crippen molar-refractivity contribution in [3.63, 3.8) is 0 Å². The van der Waals surface area contributed by atoms with Crippen LogP contribution in [0.25, 0.3) is 11.4 Å². The van der Waals surface area contributed by atoms with Crippen molar-refractivity contribution in [2.45, 2.75) is 30.0 Å². The summed E-state index contributed by atoms with van der Waals surface area (Å²) in [6.45, 7) is 2.24. The van der Waals surface area contributed by atoms with Gasteiger partial charge in [0.05, 0.1) is 18.9 Å². The molecule has 0 N–H and O–H groups in total. The van der Waals surface area contributed by atoms with E-state index in [1.165, 1.54) is 11.8 Å². The number of benzene rings is 2. The summed E-state index contributed by atoms with van der Waals surface area (Å²) in [7, 11) is 3.34. The van der Waals surface area contributed by atoms with Gasteiger partial charge in [0.1, 0.15) is 5.75 Å². The summed E-state index contributed by atoms with van der Waals surface area (Å²) in [6, 6.07) is 14.9. The van der Waals surface area contributed by atoms with E-state index in [9.17, 15) is 4.79 Å². The van der Waals surface area contributed by atoms with E-state index in [-0.39, 0.29) is 17.7 Å². The molecule has 1 amide bonds. The third-order valence-corrected chi connectivity index (χ3v) is 5.90. The predicted octanol–water partition coefficient (Wildman–Crippen LogP) is 4.93. The number of carbonyl (C=O) groups excluding carboxylic acids is 1. The first-order valence-corrected chi connectivity index (χ1v) is 10.4. The Morgan fingerprint density at radius 1 is 1.28 bits per heavy atom. The first kappa shape index (κ1) is 21.2. The molecule has 0 aliphatic rings. The van der Waals surface area contributed by atoms with E-state index in [4.69, 9.17) is 20.9 Å². The van der Waals surface area contributed by atoms with E-state index in [2.05, 4.69) is 10.1 Å². The molecule has 0 fully saturated rings. The van der Waals surface area contributed by atoms with E-state index in [0.29, 0.717) is 28.9 Å². The lowest BCUT2D eigenvalue weighted by Gasteiger charge is -2.21.